The van der Waals surface area contributed by atoms with Crippen molar-refractivity contribution in [3.63, 3.8) is 0 Å². The number of halogens is 1. The van der Waals surface area contributed by atoms with Crippen molar-refractivity contribution in [3.05, 3.63) is 53.3 Å². The van der Waals surface area contributed by atoms with Gasteiger partial charge in [0.15, 0.2) is 0 Å². The van der Waals surface area contributed by atoms with E-state index >= 15 is 0 Å². The van der Waals surface area contributed by atoms with Crippen LogP contribution in [0, 0.1) is 6.92 Å². The van der Waals surface area contributed by atoms with E-state index in [0.717, 1.165) is 40.4 Å². The van der Waals surface area contributed by atoms with Gasteiger partial charge in [0.05, 0.1) is 11.7 Å². The zero-order valence-corrected chi connectivity index (χ0v) is 15.4. The molecule has 1 aliphatic rings. The number of fused-ring (bicyclic) bond motifs is 1. The number of carbonyl (C=O) groups excluding carboxylic acids is 1. The smallest absolute Gasteiger partial charge is 0.244 e. The maximum absolute atomic E-state index is 12.7. The quantitative estimate of drug-likeness (QED) is 0.712. The van der Waals surface area contributed by atoms with E-state index in [-0.39, 0.29) is 12.5 Å². The lowest BCUT2D eigenvalue weighted by atomic mass is 10.2. The molecule has 0 radical (unpaired) electrons. The number of aromatic nitrogens is 3. The Morgan fingerprint density at radius 2 is 2.00 bits per heavy atom. The molecule has 0 aliphatic carbocycles. The second kappa shape index (κ2) is 6.96. The Morgan fingerprint density at radius 3 is 2.77 bits per heavy atom. The molecular weight excluding hydrogens is 350 g/mol. The van der Waals surface area contributed by atoms with Crippen molar-refractivity contribution in [1.29, 1.82) is 0 Å². The molecule has 0 atom stereocenters. The minimum Gasteiger partial charge on any atom is -0.368 e. The number of piperazine rings is 1. The Bertz CT molecular complexity index is 946. The van der Waals surface area contributed by atoms with Crippen LogP contribution in [0.4, 0.5) is 5.69 Å². The molecule has 1 amide bonds. The fourth-order valence-corrected chi connectivity index (χ4v) is 3.42. The van der Waals surface area contributed by atoms with Crippen LogP contribution < -0.4 is 4.90 Å². The molecule has 1 aliphatic heterocycles. The minimum absolute atomic E-state index is 0.0887. The molecule has 6 nitrogen and oxygen atoms in total. The van der Waals surface area contributed by atoms with Gasteiger partial charge in [-0.15, -0.1) is 0 Å². The highest BCUT2D eigenvalue weighted by atomic mass is 35.5. The van der Waals surface area contributed by atoms with Gasteiger partial charge in [-0.2, -0.15) is 5.10 Å². The maximum Gasteiger partial charge on any atom is 0.244 e. The lowest BCUT2D eigenvalue weighted by Gasteiger charge is -2.36. The van der Waals surface area contributed by atoms with Gasteiger partial charge in [-0.25, -0.2) is 0 Å². The molecule has 0 unspecified atom stereocenters. The number of hydrogen-bond acceptors (Lipinski definition) is 4. The first-order chi connectivity index (χ1) is 12.6. The Labute approximate surface area is 157 Å². The Balaban J connectivity index is 1.39. The number of benzene rings is 1. The van der Waals surface area contributed by atoms with Crippen LogP contribution in [0.2, 0.25) is 5.02 Å². The van der Waals surface area contributed by atoms with Crippen LogP contribution >= 0.6 is 11.6 Å². The van der Waals surface area contributed by atoms with Crippen molar-refractivity contribution < 1.29 is 4.79 Å². The Hall–Kier alpha value is -2.60. The number of hydrogen-bond donors (Lipinski definition) is 0. The van der Waals surface area contributed by atoms with E-state index in [1.165, 1.54) is 0 Å². The molecule has 134 valence electrons. The molecule has 0 saturated carbocycles. The first-order valence-electron chi connectivity index (χ1n) is 8.67. The third-order valence-corrected chi connectivity index (χ3v) is 5.26. The SMILES string of the molecule is Cc1cc(N2CCN(C(=O)Cn3ncc4ncccc43)CC2)ccc1Cl. The van der Waals surface area contributed by atoms with Gasteiger partial charge < -0.3 is 9.80 Å². The number of carbonyl (C=O) groups is 1. The number of anilines is 1. The molecule has 2 aromatic heterocycles. The van der Waals surface area contributed by atoms with Crippen LogP contribution in [0.1, 0.15) is 5.56 Å². The molecule has 3 aromatic rings. The van der Waals surface area contributed by atoms with E-state index in [0.29, 0.717) is 13.1 Å². The fourth-order valence-electron chi connectivity index (χ4n) is 3.31. The van der Waals surface area contributed by atoms with Gasteiger partial charge in [-0.3, -0.25) is 14.5 Å². The van der Waals surface area contributed by atoms with Crippen molar-refractivity contribution >= 4 is 34.2 Å². The summed E-state index contributed by atoms with van der Waals surface area (Å²) in [5.74, 6) is 0.0887. The summed E-state index contributed by atoms with van der Waals surface area (Å²) < 4.78 is 1.72. The summed E-state index contributed by atoms with van der Waals surface area (Å²) in [6, 6.07) is 9.86. The summed E-state index contributed by atoms with van der Waals surface area (Å²) >= 11 is 6.11. The van der Waals surface area contributed by atoms with E-state index < -0.39 is 0 Å². The highest BCUT2D eigenvalue weighted by Crippen LogP contribution is 2.23. The Kier molecular flexibility index (Phi) is 4.51. The van der Waals surface area contributed by atoms with Gasteiger partial charge in [-0.05, 0) is 42.8 Å². The van der Waals surface area contributed by atoms with Crippen molar-refractivity contribution in [3.8, 4) is 0 Å². The van der Waals surface area contributed by atoms with Gasteiger partial charge in [-0.1, -0.05) is 11.6 Å². The fraction of sp³-hybridized carbons (Fsp3) is 0.316. The minimum atomic E-state index is 0.0887. The molecule has 0 spiro atoms. The highest BCUT2D eigenvalue weighted by molar-refractivity contribution is 6.31. The molecule has 0 N–H and O–H groups in total. The molecule has 1 saturated heterocycles. The zero-order valence-electron chi connectivity index (χ0n) is 14.6. The van der Waals surface area contributed by atoms with Crippen LogP contribution in [0.15, 0.2) is 42.7 Å². The largest absolute Gasteiger partial charge is 0.368 e. The van der Waals surface area contributed by atoms with E-state index in [4.69, 9.17) is 11.6 Å². The predicted molar refractivity (Wildman–Crippen MR) is 103 cm³/mol. The first-order valence-corrected chi connectivity index (χ1v) is 9.05. The summed E-state index contributed by atoms with van der Waals surface area (Å²) in [5, 5.41) is 5.08. The second-order valence-electron chi connectivity index (χ2n) is 6.51. The molecule has 1 aromatic carbocycles. The third kappa shape index (κ3) is 3.24. The van der Waals surface area contributed by atoms with Crippen LogP contribution in [-0.4, -0.2) is 51.8 Å². The molecule has 3 heterocycles. The highest BCUT2D eigenvalue weighted by Gasteiger charge is 2.22. The summed E-state index contributed by atoms with van der Waals surface area (Å²) in [6.07, 6.45) is 3.43. The third-order valence-electron chi connectivity index (χ3n) is 4.84. The van der Waals surface area contributed by atoms with Crippen molar-refractivity contribution in [2.45, 2.75) is 13.5 Å². The average Bonchev–Trinajstić information content (AvgIpc) is 3.07. The standard InChI is InChI=1S/C19H20ClN5O/c1-14-11-15(4-5-16(14)20)23-7-9-24(10-8-23)19(26)13-25-18-3-2-6-21-17(18)12-22-25/h2-6,11-12H,7-10,13H2,1H3. The van der Waals surface area contributed by atoms with Crippen LogP contribution in [-0.2, 0) is 11.3 Å². The molecule has 1 fully saturated rings. The van der Waals surface area contributed by atoms with E-state index in [2.05, 4.69) is 21.0 Å². The van der Waals surface area contributed by atoms with Gasteiger partial charge in [0.1, 0.15) is 12.1 Å². The normalized spacial score (nSPS) is 14.8. The monoisotopic (exact) mass is 369 g/mol. The van der Waals surface area contributed by atoms with Gasteiger partial charge in [0, 0.05) is 43.1 Å². The summed E-state index contributed by atoms with van der Waals surface area (Å²) in [7, 11) is 0. The molecule has 26 heavy (non-hydrogen) atoms. The van der Waals surface area contributed by atoms with Gasteiger partial charge in [0.2, 0.25) is 5.91 Å². The van der Waals surface area contributed by atoms with Crippen LogP contribution in [0.25, 0.3) is 11.0 Å². The maximum atomic E-state index is 12.7. The molecule has 0 bridgehead atoms. The lowest BCUT2D eigenvalue weighted by Crippen LogP contribution is -2.49. The number of aryl methyl sites for hydroxylation is 1. The molecular formula is C19H20ClN5O. The molecule has 4 rings (SSSR count). The van der Waals surface area contributed by atoms with Gasteiger partial charge >= 0.3 is 0 Å². The predicted octanol–water partition coefficient (Wildman–Crippen LogP) is 2.74. The molecule has 7 heteroatoms. The second-order valence-corrected chi connectivity index (χ2v) is 6.92. The Morgan fingerprint density at radius 1 is 1.19 bits per heavy atom. The van der Waals surface area contributed by atoms with Crippen molar-refractivity contribution in [1.82, 2.24) is 19.7 Å². The number of nitrogens with zero attached hydrogens (tertiary/aromatic N) is 5. The summed E-state index contributed by atoms with van der Waals surface area (Å²) in [6.45, 7) is 5.29. The van der Waals surface area contributed by atoms with Gasteiger partial charge in [0.25, 0.3) is 0 Å². The topological polar surface area (TPSA) is 54.3 Å². The van der Waals surface area contributed by atoms with Crippen LogP contribution in [0.5, 0.6) is 0 Å². The van der Waals surface area contributed by atoms with Crippen LogP contribution in [0.3, 0.4) is 0 Å². The van der Waals surface area contributed by atoms with Crippen molar-refractivity contribution in [2.24, 2.45) is 0 Å². The summed E-state index contributed by atoms with van der Waals surface area (Å²) in [5.41, 5.74) is 3.92. The zero-order chi connectivity index (χ0) is 18.1. The number of amides is 1. The van der Waals surface area contributed by atoms with E-state index in [9.17, 15) is 4.79 Å². The lowest BCUT2D eigenvalue weighted by molar-refractivity contribution is -0.132. The number of rotatable bonds is 3. The first kappa shape index (κ1) is 16.8. The summed E-state index contributed by atoms with van der Waals surface area (Å²) in [4.78, 5) is 21.1. The van der Waals surface area contributed by atoms with Crippen molar-refractivity contribution in [2.75, 3.05) is 31.1 Å². The number of pyridine rings is 1. The van der Waals surface area contributed by atoms with E-state index in [1.54, 1.807) is 17.1 Å². The van der Waals surface area contributed by atoms with E-state index in [1.807, 2.05) is 36.1 Å². The average molecular weight is 370 g/mol.